The molecule has 1 heterocycles. The van der Waals surface area contributed by atoms with E-state index in [1.54, 1.807) is 23.5 Å². The van der Waals surface area contributed by atoms with Gasteiger partial charge in [0.15, 0.2) is 0 Å². The average Bonchev–Trinajstić information content (AvgIpc) is 2.84. The minimum absolute atomic E-state index is 0.128. The molecule has 0 aliphatic heterocycles. The second-order valence-corrected chi connectivity index (χ2v) is 5.16. The molecule has 0 radical (unpaired) electrons. The molecule has 0 amide bonds. The van der Waals surface area contributed by atoms with E-state index in [2.05, 4.69) is 12.2 Å². The summed E-state index contributed by atoms with van der Waals surface area (Å²) in [6.07, 6.45) is 0.895. The van der Waals surface area contributed by atoms with Crippen LogP contribution in [0.5, 0.6) is 0 Å². The van der Waals surface area contributed by atoms with Crippen molar-refractivity contribution in [1.29, 1.82) is 0 Å². The number of nitrogens with one attached hydrogen (secondary N) is 1. The van der Waals surface area contributed by atoms with Gasteiger partial charge in [0, 0.05) is 9.90 Å². The summed E-state index contributed by atoms with van der Waals surface area (Å²) >= 11 is 7.53. The predicted octanol–water partition coefficient (Wildman–Crippen LogP) is 5.10. The van der Waals surface area contributed by atoms with Crippen molar-refractivity contribution in [3.8, 4) is 0 Å². The zero-order chi connectivity index (χ0) is 12.3. The van der Waals surface area contributed by atoms with Crippen LogP contribution in [-0.2, 0) is 0 Å². The number of thiophene rings is 1. The van der Waals surface area contributed by atoms with Crippen LogP contribution in [0.4, 0.5) is 10.1 Å². The summed E-state index contributed by atoms with van der Waals surface area (Å²) in [5, 5.41) is 5.75. The number of benzene rings is 1. The lowest BCUT2D eigenvalue weighted by Gasteiger charge is -2.17. The van der Waals surface area contributed by atoms with Crippen molar-refractivity contribution < 1.29 is 4.39 Å². The molecular formula is C13H13ClFNS. The van der Waals surface area contributed by atoms with E-state index in [4.69, 9.17) is 11.6 Å². The first-order valence-corrected chi connectivity index (χ1v) is 6.71. The predicted molar refractivity (Wildman–Crippen MR) is 72.4 cm³/mol. The number of hydrogen-bond donors (Lipinski definition) is 1. The molecule has 2 aromatic rings. The molecule has 0 fully saturated rings. The zero-order valence-corrected chi connectivity index (χ0v) is 11.0. The Morgan fingerprint density at radius 3 is 2.88 bits per heavy atom. The minimum Gasteiger partial charge on any atom is -0.375 e. The maximum atomic E-state index is 13.6. The Labute approximate surface area is 109 Å². The summed E-state index contributed by atoms with van der Waals surface area (Å²) in [5.74, 6) is -0.274. The van der Waals surface area contributed by atoms with Gasteiger partial charge in [-0.2, -0.15) is 0 Å². The Balaban J connectivity index is 2.21. The third-order valence-electron chi connectivity index (χ3n) is 2.55. The van der Waals surface area contributed by atoms with Crippen molar-refractivity contribution in [1.82, 2.24) is 0 Å². The van der Waals surface area contributed by atoms with E-state index >= 15 is 0 Å². The van der Waals surface area contributed by atoms with Crippen molar-refractivity contribution in [3.63, 3.8) is 0 Å². The first-order chi connectivity index (χ1) is 8.20. The van der Waals surface area contributed by atoms with Crippen molar-refractivity contribution in [2.75, 3.05) is 5.32 Å². The summed E-state index contributed by atoms with van der Waals surface area (Å²) in [6.45, 7) is 2.07. The van der Waals surface area contributed by atoms with Gasteiger partial charge in [-0.05, 0) is 36.1 Å². The van der Waals surface area contributed by atoms with Crippen molar-refractivity contribution in [3.05, 3.63) is 51.4 Å². The lowest BCUT2D eigenvalue weighted by atomic mass is 10.1. The first kappa shape index (κ1) is 12.4. The topological polar surface area (TPSA) is 12.0 Å². The molecule has 0 aliphatic carbocycles. The number of hydrogen-bond acceptors (Lipinski definition) is 2. The van der Waals surface area contributed by atoms with E-state index in [9.17, 15) is 4.39 Å². The Kier molecular flexibility index (Phi) is 4.02. The second-order valence-electron chi connectivity index (χ2n) is 3.74. The Hall–Kier alpha value is -1.06. The summed E-state index contributed by atoms with van der Waals surface area (Å²) in [4.78, 5) is 1.20. The minimum atomic E-state index is -0.274. The molecular weight excluding hydrogens is 257 g/mol. The summed E-state index contributed by atoms with van der Waals surface area (Å²) in [7, 11) is 0. The van der Waals surface area contributed by atoms with Crippen LogP contribution in [0.3, 0.4) is 0 Å². The fourth-order valence-corrected chi connectivity index (χ4v) is 2.69. The van der Waals surface area contributed by atoms with Gasteiger partial charge >= 0.3 is 0 Å². The fourth-order valence-electron chi connectivity index (χ4n) is 1.66. The molecule has 0 aliphatic rings. The molecule has 1 aromatic heterocycles. The second kappa shape index (κ2) is 5.52. The largest absolute Gasteiger partial charge is 0.375 e. The van der Waals surface area contributed by atoms with Gasteiger partial charge in [-0.15, -0.1) is 11.3 Å². The summed E-state index contributed by atoms with van der Waals surface area (Å²) in [6, 6.07) is 8.73. The lowest BCUT2D eigenvalue weighted by molar-refractivity contribution is 0.624. The van der Waals surface area contributed by atoms with E-state index in [0.717, 1.165) is 6.42 Å². The highest BCUT2D eigenvalue weighted by molar-refractivity contribution is 7.10. The van der Waals surface area contributed by atoms with Crippen LogP contribution in [0.2, 0.25) is 5.02 Å². The van der Waals surface area contributed by atoms with Crippen molar-refractivity contribution >= 4 is 28.6 Å². The standard InChI is InChI=1S/C13H13ClFNS/c1-2-11(13-4-3-7-17-13)16-12-8-9(14)5-6-10(12)15/h3-8,11,16H,2H2,1H3. The smallest absolute Gasteiger partial charge is 0.146 e. The van der Waals surface area contributed by atoms with Gasteiger partial charge in [-0.3, -0.25) is 0 Å². The molecule has 17 heavy (non-hydrogen) atoms. The SMILES string of the molecule is CCC(Nc1cc(Cl)ccc1F)c1cccs1. The highest BCUT2D eigenvalue weighted by Crippen LogP contribution is 2.28. The fraction of sp³-hybridized carbons (Fsp3) is 0.231. The van der Waals surface area contributed by atoms with Gasteiger partial charge in [0.25, 0.3) is 0 Å². The Morgan fingerprint density at radius 2 is 2.24 bits per heavy atom. The van der Waals surface area contributed by atoms with E-state index in [0.29, 0.717) is 10.7 Å². The van der Waals surface area contributed by atoms with Gasteiger partial charge in [0.2, 0.25) is 0 Å². The highest BCUT2D eigenvalue weighted by atomic mass is 35.5. The third-order valence-corrected chi connectivity index (χ3v) is 3.77. The number of halogens is 2. The van der Waals surface area contributed by atoms with Crippen LogP contribution >= 0.6 is 22.9 Å². The Morgan fingerprint density at radius 1 is 1.41 bits per heavy atom. The molecule has 90 valence electrons. The van der Waals surface area contributed by atoms with Crippen LogP contribution in [0.25, 0.3) is 0 Å². The van der Waals surface area contributed by atoms with Crippen LogP contribution in [-0.4, -0.2) is 0 Å². The maximum absolute atomic E-state index is 13.6. The van der Waals surface area contributed by atoms with Gasteiger partial charge in [-0.25, -0.2) is 4.39 Å². The molecule has 1 unspecified atom stereocenters. The number of anilines is 1. The maximum Gasteiger partial charge on any atom is 0.146 e. The lowest BCUT2D eigenvalue weighted by Crippen LogP contribution is -2.09. The molecule has 1 atom stereocenters. The molecule has 0 bridgehead atoms. The van der Waals surface area contributed by atoms with Crippen LogP contribution < -0.4 is 5.32 Å². The van der Waals surface area contributed by atoms with Crippen LogP contribution in [0.15, 0.2) is 35.7 Å². The van der Waals surface area contributed by atoms with Crippen LogP contribution in [0.1, 0.15) is 24.3 Å². The van der Waals surface area contributed by atoms with Gasteiger partial charge < -0.3 is 5.32 Å². The van der Waals surface area contributed by atoms with Crippen LogP contribution in [0, 0.1) is 5.82 Å². The molecule has 0 saturated heterocycles. The van der Waals surface area contributed by atoms with E-state index < -0.39 is 0 Å². The Bertz CT molecular complexity index is 484. The molecule has 0 saturated carbocycles. The van der Waals surface area contributed by atoms with E-state index in [1.807, 2.05) is 17.5 Å². The molecule has 1 N–H and O–H groups in total. The van der Waals surface area contributed by atoms with Crippen molar-refractivity contribution in [2.24, 2.45) is 0 Å². The van der Waals surface area contributed by atoms with Gasteiger partial charge in [0.05, 0.1) is 11.7 Å². The third kappa shape index (κ3) is 2.99. The molecule has 1 nitrogen and oxygen atoms in total. The summed E-state index contributed by atoms with van der Waals surface area (Å²) < 4.78 is 13.6. The van der Waals surface area contributed by atoms with Gasteiger partial charge in [0.1, 0.15) is 5.82 Å². The molecule has 2 rings (SSSR count). The van der Waals surface area contributed by atoms with Gasteiger partial charge in [-0.1, -0.05) is 24.6 Å². The molecule has 1 aromatic carbocycles. The summed E-state index contributed by atoms with van der Waals surface area (Å²) in [5.41, 5.74) is 0.456. The number of rotatable bonds is 4. The molecule has 0 spiro atoms. The normalized spacial score (nSPS) is 12.4. The van der Waals surface area contributed by atoms with E-state index in [-0.39, 0.29) is 11.9 Å². The quantitative estimate of drug-likeness (QED) is 0.814. The zero-order valence-electron chi connectivity index (χ0n) is 9.41. The van der Waals surface area contributed by atoms with Crippen molar-refractivity contribution in [2.45, 2.75) is 19.4 Å². The average molecular weight is 270 g/mol. The molecule has 4 heteroatoms. The monoisotopic (exact) mass is 269 g/mol. The van der Waals surface area contributed by atoms with E-state index in [1.165, 1.54) is 10.9 Å². The first-order valence-electron chi connectivity index (χ1n) is 5.45. The highest BCUT2D eigenvalue weighted by Gasteiger charge is 2.12.